The van der Waals surface area contributed by atoms with Crippen molar-refractivity contribution in [3.05, 3.63) is 81.7 Å². The fourth-order valence-electron chi connectivity index (χ4n) is 4.97. The zero-order chi connectivity index (χ0) is 28.3. The molecule has 0 spiro atoms. The average molecular weight is 549 g/mol. The highest BCUT2D eigenvalue weighted by molar-refractivity contribution is 7.90. The Bertz CT molecular complexity index is 1550. The lowest BCUT2D eigenvalue weighted by Crippen LogP contribution is -2.35. The van der Waals surface area contributed by atoms with Gasteiger partial charge in [-0.05, 0) is 69.3 Å². The molecule has 3 aromatic rings. The Balaban J connectivity index is 1.61. The minimum absolute atomic E-state index is 0.129. The van der Waals surface area contributed by atoms with Crippen LogP contribution in [-0.4, -0.2) is 56.3 Å². The normalized spacial score (nSPS) is 14.1. The van der Waals surface area contributed by atoms with Crippen LogP contribution in [0.25, 0.3) is 11.6 Å². The quantitative estimate of drug-likeness (QED) is 0.324. The van der Waals surface area contributed by atoms with Crippen LogP contribution in [0.3, 0.4) is 0 Å². The third kappa shape index (κ3) is 6.15. The fraction of sp³-hybridized carbons (Fsp3) is 0.333. The molecule has 1 aliphatic rings. The van der Waals surface area contributed by atoms with E-state index in [1.165, 1.54) is 6.07 Å². The zero-order valence-corrected chi connectivity index (χ0v) is 24.0. The van der Waals surface area contributed by atoms with Crippen molar-refractivity contribution in [2.75, 3.05) is 31.5 Å². The lowest BCUT2D eigenvalue weighted by Gasteiger charge is -2.18. The number of aryl methyl sites for hydroxylation is 2. The van der Waals surface area contributed by atoms with Crippen molar-refractivity contribution in [2.45, 2.75) is 45.3 Å². The smallest absolute Gasteiger partial charge is 0.256 e. The maximum Gasteiger partial charge on any atom is 0.256 e. The van der Waals surface area contributed by atoms with Crippen LogP contribution in [0.4, 0.5) is 5.69 Å². The monoisotopic (exact) mass is 548 g/mol. The molecule has 9 heteroatoms. The van der Waals surface area contributed by atoms with Gasteiger partial charge in [0.15, 0.2) is 9.84 Å². The molecular weight excluding hydrogens is 512 g/mol. The summed E-state index contributed by atoms with van der Waals surface area (Å²) in [6.07, 6.45) is 1.69. The second-order valence-corrected chi connectivity index (χ2v) is 11.9. The first kappa shape index (κ1) is 28.3. The number of nitrogens with one attached hydrogen (secondary N) is 3. The lowest BCUT2D eigenvalue weighted by atomic mass is 10.0. The number of carbonyl (C=O) groups is 2. The van der Waals surface area contributed by atoms with Crippen molar-refractivity contribution in [3.8, 4) is 0 Å². The second-order valence-electron chi connectivity index (χ2n) is 9.91. The van der Waals surface area contributed by atoms with Crippen LogP contribution in [-0.2, 0) is 20.4 Å². The number of amides is 2. The Morgan fingerprint density at radius 1 is 1.05 bits per heavy atom. The van der Waals surface area contributed by atoms with E-state index in [-0.39, 0.29) is 22.5 Å². The van der Waals surface area contributed by atoms with Crippen LogP contribution in [0.15, 0.2) is 47.4 Å². The van der Waals surface area contributed by atoms with E-state index in [0.29, 0.717) is 45.9 Å². The molecular formula is C30H36N4O4S. The number of anilines is 1. The number of carbonyl (C=O) groups excluding carboxylic acids is 2. The van der Waals surface area contributed by atoms with Crippen LogP contribution in [0.1, 0.15) is 57.8 Å². The van der Waals surface area contributed by atoms with Crippen molar-refractivity contribution >= 4 is 39.0 Å². The molecule has 1 aliphatic heterocycles. The minimum atomic E-state index is -3.64. The molecule has 0 bridgehead atoms. The van der Waals surface area contributed by atoms with Crippen LogP contribution in [0.2, 0.25) is 0 Å². The number of sulfone groups is 1. The van der Waals surface area contributed by atoms with Crippen LogP contribution < -0.4 is 10.6 Å². The molecule has 0 radical (unpaired) electrons. The number of fused-ring (bicyclic) bond motifs is 1. The van der Waals surface area contributed by atoms with Gasteiger partial charge in [-0.15, -0.1) is 0 Å². The van der Waals surface area contributed by atoms with Gasteiger partial charge in [0, 0.05) is 35.7 Å². The Kier molecular flexibility index (Phi) is 8.42. The molecule has 0 unspecified atom stereocenters. The van der Waals surface area contributed by atoms with Gasteiger partial charge in [-0.2, -0.15) is 0 Å². The summed E-state index contributed by atoms with van der Waals surface area (Å²) in [5.41, 5.74) is 5.72. The van der Waals surface area contributed by atoms with Gasteiger partial charge in [-0.3, -0.25) is 9.59 Å². The predicted molar refractivity (Wildman–Crippen MR) is 155 cm³/mol. The molecule has 0 atom stereocenters. The molecule has 0 saturated carbocycles. The van der Waals surface area contributed by atoms with E-state index in [1.54, 1.807) is 24.3 Å². The van der Waals surface area contributed by atoms with E-state index in [9.17, 15) is 18.0 Å². The highest BCUT2D eigenvalue weighted by atomic mass is 32.2. The average Bonchev–Trinajstić information content (AvgIpc) is 3.35. The maximum atomic E-state index is 13.2. The SMILES string of the molecule is CCN(CC)CCNC(=O)c1c(C)[nH]c(/C=C2\C(=O)Nc3ccc(S(=O)(=O)Cc4cccc(C)c4)cc32)c1C. The third-order valence-corrected chi connectivity index (χ3v) is 8.86. The molecule has 206 valence electrons. The molecule has 2 heterocycles. The summed E-state index contributed by atoms with van der Waals surface area (Å²) in [7, 11) is -3.64. The topological polar surface area (TPSA) is 111 Å². The first-order chi connectivity index (χ1) is 18.5. The molecule has 0 aliphatic carbocycles. The fourth-order valence-corrected chi connectivity index (χ4v) is 6.33. The number of nitrogens with zero attached hydrogens (tertiary/aromatic N) is 1. The van der Waals surface area contributed by atoms with Crippen molar-refractivity contribution < 1.29 is 18.0 Å². The Labute approximate surface area is 230 Å². The summed E-state index contributed by atoms with van der Waals surface area (Å²) < 4.78 is 26.4. The predicted octanol–water partition coefficient (Wildman–Crippen LogP) is 4.48. The largest absolute Gasteiger partial charge is 0.358 e. The summed E-state index contributed by atoms with van der Waals surface area (Å²) in [5, 5.41) is 5.81. The summed E-state index contributed by atoms with van der Waals surface area (Å²) in [4.78, 5) is 31.5. The number of rotatable bonds is 10. The van der Waals surface area contributed by atoms with Gasteiger partial charge in [0.1, 0.15) is 0 Å². The number of hydrogen-bond acceptors (Lipinski definition) is 5. The van der Waals surface area contributed by atoms with Crippen LogP contribution in [0, 0.1) is 20.8 Å². The van der Waals surface area contributed by atoms with Gasteiger partial charge in [-0.1, -0.05) is 43.7 Å². The molecule has 2 aromatic carbocycles. The van der Waals surface area contributed by atoms with E-state index in [4.69, 9.17) is 0 Å². The standard InChI is InChI=1S/C30H36N4O4S/c1-6-34(7-2)14-13-31-30(36)28-20(4)27(32-21(28)5)17-25-24-16-23(11-12-26(24)33-29(25)35)39(37,38)18-22-10-8-9-19(3)15-22/h8-12,15-17,32H,6-7,13-14,18H2,1-5H3,(H,31,36)(H,33,35)/b25-17-. The summed E-state index contributed by atoms with van der Waals surface area (Å²) in [6.45, 7) is 12.9. The van der Waals surface area contributed by atoms with Crippen molar-refractivity contribution in [3.63, 3.8) is 0 Å². The molecule has 0 fully saturated rings. The van der Waals surface area contributed by atoms with E-state index < -0.39 is 9.84 Å². The number of benzene rings is 2. The minimum Gasteiger partial charge on any atom is -0.358 e. The number of H-pyrrole nitrogens is 1. The number of hydrogen-bond donors (Lipinski definition) is 3. The van der Waals surface area contributed by atoms with Crippen molar-refractivity contribution in [1.82, 2.24) is 15.2 Å². The first-order valence-corrected chi connectivity index (χ1v) is 14.8. The molecule has 4 rings (SSSR count). The maximum absolute atomic E-state index is 13.2. The van der Waals surface area contributed by atoms with Crippen molar-refractivity contribution in [1.29, 1.82) is 0 Å². The Morgan fingerprint density at radius 2 is 1.79 bits per heavy atom. The van der Waals surface area contributed by atoms with Gasteiger partial charge in [0.05, 0.1) is 21.8 Å². The molecule has 3 N–H and O–H groups in total. The number of likely N-dealkylation sites (N-methyl/N-ethyl adjacent to an activating group) is 1. The molecule has 2 amide bonds. The summed E-state index contributed by atoms with van der Waals surface area (Å²) in [6, 6.07) is 12.1. The van der Waals surface area contributed by atoms with Gasteiger partial charge >= 0.3 is 0 Å². The van der Waals surface area contributed by atoms with Gasteiger partial charge in [0.25, 0.3) is 11.8 Å². The lowest BCUT2D eigenvalue weighted by molar-refractivity contribution is -0.110. The van der Waals surface area contributed by atoms with E-state index in [2.05, 4.69) is 34.4 Å². The van der Waals surface area contributed by atoms with E-state index in [0.717, 1.165) is 30.8 Å². The number of aromatic nitrogens is 1. The van der Waals surface area contributed by atoms with Gasteiger partial charge < -0.3 is 20.5 Å². The first-order valence-electron chi connectivity index (χ1n) is 13.2. The number of aromatic amines is 1. The summed E-state index contributed by atoms with van der Waals surface area (Å²) >= 11 is 0. The highest BCUT2D eigenvalue weighted by Crippen LogP contribution is 2.36. The molecule has 39 heavy (non-hydrogen) atoms. The van der Waals surface area contributed by atoms with E-state index in [1.807, 2.05) is 39.0 Å². The Morgan fingerprint density at radius 3 is 2.49 bits per heavy atom. The highest BCUT2D eigenvalue weighted by Gasteiger charge is 2.28. The van der Waals surface area contributed by atoms with Crippen LogP contribution >= 0.6 is 0 Å². The molecule has 0 saturated heterocycles. The zero-order valence-electron chi connectivity index (χ0n) is 23.1. The molecule has 1 aromatic heterocycles. The van der Waals surface area contributed by atoms with Crippen molar-refractivity contribution in [2.24, 2.45) is 0 Å². The molecule has 8 nitrogen and oxygen atoms in total. The second kappa shape index (κ2) is 11.6. The van der Waals surface area contributed by atoms with Gasteiger partial charge in [0.2, 0.25) is 0 Å². The van der Waals surface area contributed by atoms with E-state index >= 15 is 0 Å². The Hall–Kier alpha value is -3.69. The third-order valence-electron chi connectivity index (χ3n) is 7.17. The summed E-state index contributed by atoms with van der Waals surface area (Å²) in [5.74, 6) is -0.621. The van der Waals surface area contributed by atoms with Crippen LogP contribution in [0.5, 0.6) is 0 Å². The van der Waals surface area contributed by atoms with Gasteiger partial charge in [-0.25, -0.2) is 8.42 Å².